The second-order valence-corrected chi connectivity index (χ2v) is 20.3. The van der Waals surface area contributed by atoms with Crippen molar-refractivity contribution in [3.05, 3.63) is 156 Å². The molecule has 2 aliphatic rings. The highest BCUT2D eigenvalue weighted by molar-refractivity contribution is 6.99. The average Bonchev–Trinajstić information content (AvgIpc) is 3.51. The lowest BCUT2D eigenvalue weighted by molar-refractivity contribution is -0.149. The van der Waals surface area contributed by atoms with Crippen molar-refractivity contribution in [2.75, 3.05) is 27.4 Å². The third-order valence-electron chi connectivity index (χ3n) is 11.6. The molecule has 5 aromatic rings. The number of amides is 1. The van der Waals surface area contributed by atoms with E-state index in [1.807, 2.05) is 95.9 Å². The van der Waals surface area contributed by atoms with Crippen LogP contribution in [0.4, 0.5) is 0 Å². The zero-order chi connectivity index (χ0) is 40.0. The van der Waals surface area contributed by atoms with Gasteiger partial charge in [0.25, 0.3) is 8.32 Å². The number of carbonyl (C=O) groups excluding carboxylic acids is 1. The van der Waals surface area contributed by atoms with Crippen LogP contribution in [0.15, 0.2) is 140 Å². The van der Waals surface area contributed by atoms with Crippen LogP contribution in [0.2, 0.25) is 5.04 Å². The summed E-state index contributed by atoms with van der Waals surface area (Å²) in [5, 5.41) is 13.8. The van der Waals surface area contributed by atoms with Crippen LogP contribution in [0.25, 0.3) is 0 Å². The summed E-state index contributed by atoms with van der Waals surface area (Å²) in [6.07, 6.45) is -0.304. The molecule has 0 unspecified atom stereocenters. The first-order chi connectivity index (χ1) is 27.6. The molecule has 1 amide bonds. The molecule has 0 aliphatic carbocycles. The molecular formula is C48H55NO7Si. The van der Waals surface area contributed by atoms with E-state index in [2.05, 4.69) is 69.3 Å². The van der Waals surface area contributed by atoms with Crippen molar-refractivity contribution in [2.24, 2.45) is 0 Å². The third kappa shape index (κ3) is 8.18. The van der Waals surface area contributed by atoms with E-state index in [9.17, 15) is 9.90 Å². The van der Waals surface area contributed by atoms with Gasteiger partial charge in [0.1, 0.15) is 29.4 Å². The second-order valence-electron chi connectivity index (χ2n) is 16.1. The van der Waals surface area contributed by atoms with Crippen LogP contribution < -0.4 is 19.8 Å². The van der Waals surface area contributed by atoms with Gasteiger partial charge in [0, 0.05) is 25.5 Å². The fourth-order valence-electron chi connectivity index (χ4n) is 8.68. The van der Waals surface area contributed by atoms with Crippen molar-refractivity contribution in [1.29, 1.82) is 0 Å². The van der Waals surface area contributed by atoms with E-state index in [0.29, 0.717) is 32.2 Å². The van der Waals surface area contributed by atoms with Crippen molar-refractivity contribution in [3.63, 3.8) is 0 Å². The largest absolute Gasteiger partial charge is 0.497 e. The molecule has 57 heavy (non-hydrogen) atoms. The van der Waals surface area contributed by atoms with Gasteiger partial charge < -0.3 is 33.4 Å². The van der Waals surface area contributed by atoms with Crippen LogP contribution in [0.1, 0.15) is 63.1 Å². The Morgan fingerprint density at radius 2 is 1.19 bits per heavy atom. The Morgan fingerprint density at radius 3 is 1.68 bits per heavy atom. The van der Waals surface area contributed by atoms with E-state index in [1.54, 1.807) is 14.2 Å². The van der Waals surface area contributed by atoms with Crippen molar-refractivity contribution in [2.45, 2.75) is 81.6 Å². The maximum atomic E-state index is 13.9. The lowest BCUT2D eigenvalue weighted by atomic mass is 9.80. The van der Waals surface area contributed by atoms with Gasteiger partial charge in [-0.2, -0.15) is 0 Å². The molecule has 0 aromatic heterocycles. The molecule has 1 N–H and O–H groups in total. The van der Waals surface area contributed by atoms with E-state index >= 15 is 0 Å². The Balaban J connectivity index is 1.12. The number of hydrogen-bond donors (Lipinski definition) is 1. The van der Waals surface area contributed by atoms with Crippen LogP contribution in [-0.2, 0) is 24.3 Å². The Kier molecular flexibility index (Phi) is 12.3. The fourth-order valence-corrected chi connectivity index (χ4v) is 13.4. The van der Waals surface area contributed by atoms with Crippen LogP contribution in [-0.4, -0.2) is 76.1 Å². The monoisotopic (exact) mass is 785 g/mol. The maximum Gasteiger partial charge on any atom is 0.261 e. The summed E-state index contributed by atoms with van der Waals surface area (Å²) in [5.41, 5.74) is 1.63. The Labute approximate surface area is 338 Å². The number of carbonyl (C=O) groups is 1. The van der Waals surface area contributed by atoms with Crippen LogP contribution in [0.5, 0.6) is 11.5 Å². The molecule has 0 radical (unpaired) electrons. The van der Waals surface area contributed by atoms with Gasteiger partial charge in [0.15, 0.2) is 0 Å². The summed E-state index contributed by atoms with van der Waals surface area (Å²) in [4.78, 5) is 15.7. The summed E-state index contributed by atoms with van der Waals surface area (Å²) < 4.78 is 32.1. The summed E-state index contributed by atoms with van der Waals surface area (Å²) in [7, 11) is 0.480. The van der Waals surface area contributed by atoms with Gasteiger partial charge in [-0.3, -0.25) is 4.79 Å². The normalized spacial score (nSPS) is 20.6. The smallest absolute Gasteiger partial charge is 0.261 e. The van der Waals surface area contributed by atoms with Gasteiger partial charge in [-0.1, -0.05) is 136 Å². The maximum absolute atomic E-state index is 13.9. The molecule has 8 nitrogen and oxygen atoms in total. The minimum absolute atomic E-state index is 0.0115. The molecular weight excluding hydrogens is 731 g/mol. The highest BCUT2D eigenvalue weighted by atomic mass is 28.4. The van der Waals surface area contributed by atoms with Crippen LogP contribution in [0, 0.1) is 0 Å². The molecule has 4 atom stereocenters. The van der Waals surface area contributed by atoms with Gasteiger partial charge in [0.05, 0.1) is 26.9 Å². The number of hydrogen-bond acceptors (Lipinski definition) is 7. The molecule has 0 saturated carbocycles. The van der Waals surface area contributed by atoms with E-state index in [4.69, 9.17) is 23.4 Å². The van der Waals surface area contributed by atoms with E-state index in [-0.39, 0.29) is 23.7 Å². The van der Waals surface area contributed by atoms with Gasteiger partial charge >= 0.3 is 0 Å². The Morgan fingerprint density at radius 1 is 0.702 bits per heavy atom. The number of nitrogens with zero attached hydrogens (tertiary/aromatic N) is 1. The highest BCUT2D eigenvalue weighted by Crippen LogP contribution is 2.43. The minimum atomic E-state index is -2.81. The molecule has 2 saturated heterocycles. The number of benzene rings is 5. The molecule has 2 fully saturated rings. The number of methoxy groups -OCH3 is 2. The summed E-state index contributed by atoms with van der Waals surface area (Å²) in [6, 6.07) is 47.0. The third-order valence-corrected chi connectivity index (χ3v) is 16.7. The number of aliphatic hydroxyl groups is 1. The topological polar surface area (TPSA) is 86.7 Å². The molecule has 0 bridgehead atoms. The van der Waals surface area contributed by atoms with Crippen molar-refractivity contribution < 1.29 is 33.3 Å². The lowest BCUT2D eigenvalue weighted by Gasteiger charge is -2.45. The van der Waals surface area contributed by atoms with E-state index < -0.39 is 32.4 Å². The summed E-state index contributed by atoms with van der Waals surface area (Å²) in [5.74, 6) is 1.47. The fraction of sp³-hybridized carbons (Fsp3) is 0.354. The van der Waals surface area contributed by atoms with Crippen LogP contribution >= 0.6 is 0 Å². The van der Waals surface area contributed by atoms with Gasteiger partial charge in [-0.25, -0.2) is 0 Å². The van der Waals surface area contributed by atoms with Gasteiger partial charge in [0.2, 0.25) is 5.91 Å². The SMILES string of the molecule is COc1ccc(C(OC[C@H]2O[C@@H](N3CC[C@H](O[Si](c4ccccc4)(c4ccccc4)C(C)(C)C)CCC3=O)C[C@@H]2O)(c2ccccc2)c2ccc(OC)cc2)cc1. The predicted octanol–water partition coefficient (Wildman–Crippen LogP) is 7.45. The first-order valence-corrected chi connectivity index (χ1v) is 21.9. The van der Waals surface area contributed by atoms with Gasteiger partial charge in [-0.15, -0.1) is 0 Å². The first kappa shape index (κ1) is 40.4. The molecule has 298 valence electrons. The zero-order valence-corrected chi connectivity index (χ0v) is 34.7. The van der Waals surface area contributed by atoms with Gasteiger partial charge in [-0.05, 0) is 69.2 Å². The number of rotatable bonds is 13. The standard InChI is InChI=1S/C48H55NO7Si/c1-47(2,3)57(41-17-11-7-12-18-41,42-19-13-8-14-20-42)56-40-29-30-45(51)49(32-31-40)46-33-43(50)44(55-46)34-54-48(35-15-9-6-10-16-35,36-21-25-38(52-4)26-22-36)37-23-27-39(53-5)28-24-37/h6-28,40,43-44,46,50H,29-34H2,1-5H3/t40-,43+,44-,46-/m1/s1. The number of aliphatic hydroxyl groups excluding tert-OH is 1. The quantitative estimate of drug-likeness (QED) is 0.0982. The first-order valence-electron chi connectivity index (χ1n) is 20.0. The number of likely N-dealkylation sites (tertiary alicyclic amines) is 1. The Bertz CT molecular complexity index is 1950. The van der Waals surface area contributed by atoms with Crippen LogP contribution in [0.3, 0.4) is 0 Å². The lowest BCUT2D eigenvalue weighted by Crippen LogP contribution is -2.67. The molecule has 2 heterocycles. The molecule has 0 spiro atoms. The zero-order valence-electron chi connectivity index (χ0n) is 33.7. The molecule has 9 heteroatoms. The predicted molar refractivity (Wildman–Crippen MR) is 226 cm³/mol. The Hall–Kier alpha value is -4.77. The average molecular weight is 786 g/mol. The second kappa shape index (κ2) is 17.4. The summed E-state index contributed by atoms with van der Waals surface area (Å²) >= 11 is 0. The van der Waals surface area contributed by atoms with E-state index in [1.165, 1.54) is 10.4 Å². The van der Waals surface area contributed by atoms with E-state index in [0.717, 1.165) is 28.2 Å². The minimum Gasteiger partial charge on any atom is -0.497 e. The highest BCUT2D eigenvalue weighted by Gasteiger charge is 2.52. The van der Waals surface area contributed by atoms with Crippen molar-refractivity contribution >= 4 is 24.6 Å². The van der Waals surface area contributed by atoms with Crippen molar-refractivity contribution in [3.8, 4) is 11.5 Å². The number of ether oxygens (including phenoxy) is 4. The van der Waals surface area contributed by atoms with Crippen molar-refractivity contribution in [1.82, 2.24) is 4.90 Å². The summed E-state index contributed by atoms with van der Waals surface area (Å²) in [6.45, 7) is 7.38. The molecule has 7 rings (SSSR count). The molecule has 5 aromatic carbocycles. The molecule has 2 aliphatic heterocycles.